The molecule has 1 rings (SSSR count). The van der Waals surface area contributed by atoms with Gasteiger partial charge in [-0.1, -0.05) is 29.9 Å². The van der Waals surface area contributed by atoms with Gasteiger partial charge in [0.2, 0.25) is 0 Å². The van der Waals surface area contributed by atoms with E-state index >= 15 is 0 Å². The van der Waals surface area contributed by atoms with Crippen molar-refractivity contribution in [1.29, 1.82) is 0 Å². The first kappa shape index (κ1) is 9.46. The number of hydrogen-bond donors (Lipinski definition) is 0. The number of thiocarbonyl (C=S) groups is 1. The summed E-state index contributed by atoms with van der Waals surface area (Å²) in [5, 5.41) is 0. The zero-order chi connectivity index (χ0) is 9.14. The molecule has 12 heavy (non-hydrogen) atoms. The predicted octanol–water partition coefficient (Wildman–Crippen LogP) is 2.54. The minimum Gasteiger partial charge on any atom is -0.362 e. The van der Waals surface area contributed by atoms with E-state index in [1.54, 1.807) is 0 Å². The van der Waals surface area contributed by atoms with E-state index in [0.717, 1.165) is 17.8 Å². The number of rotatable bonds is 2. The third-order valence-corrected chi connectivity index (χ3v) is 2.55. The van der Waals surface area contributed by atoms with Crippen molar-refractivity contribution in [2.75, 3.05) is 7.05 Å². The Hall–Kier alpha value is -0.630. The third kappa shape index (κ3) is 2.18. The monoisotopic (exact) mass is 181 g/mol. The second kappa shape index (κ2) is 3.85. The molecular formula is C10H15NS. The molecule has 1 aliphatic rings. The number of nitrogens with zero attached hydrogens (tertiary/aromatic N) is 1. The van der Waals surface area contributed by atoms with Gasteiger partial charge in [0.25, 0.3) is 0 Å². The highest BCUT2D eigenvalue weighted by molar-refractivity contribution is 7.80. The van der Waals surface area contributed by atoms with Crippen molar-refractivity contribution in [2.24, 2.45) is 0 Å². The SMILES string of the molecule is C=C(C)CC1C=CCC(=S)N1C. The van der Waals surface area contributed by atoms with Crippen LogP contribution in [0.1, 0.15) is 19.8 Å². The molecule has 0 aliphatic carbocycles. The van der Waals surface area contributed by atoms with Gasteiger partial charge in [-0.3, -0.25) is 0 Å². The lowest BCUT2D eigenvalue weighted by Gasteiger charge is -2.31. The van der Waals surface area contributed by atoms with Crippen LogP contribution in [0, 0.1) is 0 Å². The largest absolute Gasteiger partial charge is 0.362 e. The Morgan fingerprint density at radius 2 is 2.50 bits per heavy atom. The first-order valence-corrected chi connectivity index (χ1v) is 4.59. The first-order chi connectivity index (χ1) is 5.61. The summed E-state index contributed by atoms with van der Waals surface area (Å²) >= 11 is 5.20. The van der Waals surface area contributed by atoms with Crippen LogP contribution in [-0.4, -0.2) is 23.0 Å². The summed E-state index contributed by atoms with van der Waals surface area (Å²) < 4.78 is 0. The van der Waals surface area contributed by atoms with Crippen LogP contribution < -0.4 is 0 Å². The van der Waals surface area contributed by atoms with Gasteiger partial charge in [0.05, 0.1) is 11.0 Å². The van der Waals surface area contributed by atoms with Gasteiger partial charge in [0, 0.05) is 13.5 Å². The maximum Gasteiger partial charge on any atom is 0.0819 e. The smallest absolute Gasteiger partial charge is 0.0819 e. The standard InChI is InChI=1S/C10H15NS/c1-8(2)7-9-5-4-6-10(12)11(9)3/h4-5,9H,1,6-7H2,2-3H3. The highest BCUT2D eigenvalue weighted by Gasteiger charge is 2.16. The maximum atomic E-state index is 5.20. The summed E-state index contributed by atoms with van der Waals surface area (Å²) in [6, 6.07) is 0.434. The molecule has 0 aromatic heterocycles. The molecule has 1 heterocycles. The molecule has 0 amide bonds. The highest BCUT2D eigenvalue weighted by atomic mass is 32.1. The van der Waals surface area contributed by atoms with Crippen LogP contribution in [0.4, 0.5) is 0 Å². The lowest BCUT2D eigenvalue weighted by Crippen LogP contribution is -2.36. The summed E-state index contributed by atoms with van der Waals surface area (Å²) in [6.07, 6.45) is 6.28. The molecule has 1 aliphatic heterocycles. The van der Waals surface area contributed by atoms with Crippen LogP contribution in [0.5, 0.6) is 0 Å². The Bertz CT molecular complexity index is 230. The Morgan fingerprint density at radius 1 is 1.83 bits per heavy atom. The fourth-order valence-corrected chi connectivity index (χ4v) is 1.58. The van der Waals surface area contributed by atoms with Crippen molar-refractivity contribution in [3.05, 3.63) is 24.3 Å². The van der Waals surface area contributed by atoms with Gasteiger partial charge in [-0.15, -0.1) is 6.58 Å². The lowest BCUT2D eigenvalue weighted by atomic mass is 10.0. The van der Waals surface area contributed by atoms with Crippen LogP contribution in [0.15, 0.2) is 24.3 Å². The average Bonchev–Trinajstić information content (AvgIpc) is 1.98. The normalized spacial score (nSPS) is 23.0. The van der Waals surface area contributed by atoms with E-state index in [4.69, 9.17) is 12.2 Å². The van der Waals surface area contributed by atoms with Crippen molar-refractivity contribution in [3.63, 3.8) is 0 Å². The highest BCUT2D eigenvalue weighted by Crippen LogP contribution is 2.16. The van der Waals surface area contributed by atoms with E-state index in [-0.39, 0.29) is 0 Å². The Labute approximate surface area is 79.8 Å². The van der Waals surface area contributed by atoms with E-state index in [1.807, 2.05) is 0 Å². The second-order valence-electron chi connectivity index (χ2n) is 3.37. The summed E-state index contributed by atoms with van der Waals surface area (Å²) in [5.41, 5.74) is 1.21. The maximum absolute atomic E-state index is 5.20. The average molecular weight is 181 g/mol. The fourth-order valence-electron chi connectivity index (χ4n) is 1.35. The van der Waals surface area contributed by atoms with Crippen molar-refractivity contribution in [3.8, 4) is 0 Å². The third-order valence-electron chi connectivity index (χ3n) is 2.10. The van der Waals surface area contributed by atoms with Gasteiger partial charge in [0.15, 0.2) is 0 Å². The Morgan fingerprint density at radius 3 is 3.08 bits per heavy atom. The van der Waals surface area contributed by atoms with E-state index in [2.05, 4.69) is 37.6 Å². The Balaban J connectivity index is 2.63. The van der Waals surface area contributed by atoms with Crippen LogP contribution in [0.3, 0.4) is 0 Å². The van der Waals surface area contributed by atoms with Crippen molar-refractivity contribution < 1.29 is 0 Å². The molecule has 0 saturated heterocycles. The Kier molecular flexibility index (Phi) is 3.04. The van der Waals surface area contributed by atoms with E-state index < -0.39 is 0 Å². The van der Waals surface area contributed by atoms with Crippen molar-refractivity contribution in [2.45, 2.75) is 25.8 Å². The van der Waals surface area contributed by atoms with E-state index in [0.29, 0.717) is 6.04 Å². The molecule has 1 atom stereocenters. The molecule has 2 heteroatoms. The minimum atomic E-state index is 0.434. The number of likely N-dealkylation sites (N-methyl/N-ethyl adjacent to an activating group) is 1. The second-order valence-corrected chi connectivity index (χ2v) is 3.84. The zero-order valence-corrected chi connectivity index (χ0v) is 8.53. The van der Waals surface area contributed by atoms with E-state index in [9.17, 15) is 0 Å². The molecule has 0 bridgehead atoms. The van der Waals surface area contributed by atoms with Crippen LogP contribution >= 0.6 is 12.2 Å². The molecule has 66 valence electrons. The lowest BCUT2D eigenvalue weighted by molar-refractivity contribution is 0.416. The molecule has 0 fully saturated rings. The van der Waals surface area contributed by atoms with Crippen LogP contribution in [-0.2, 0) is 0 Å². The molecule has 0 N–H and O–H groups in total. The van der Waals surface area contributed by atoms with Gasteiger partial charge >= 0.3 is 0 Å². The minimum absolute atomic E-state index is 0.434. The van der Waals surface area contributed by atoms with Crippen molar-refractivity contribution >= 4 is 17.2 Å². The molecule has 0 spiro atoms. The molecular weight excluding hydrogens is 166 g/mol. The molecule has 0 aromatic carbocycles. The zero-order valence-electron chi connectivity index (χ0n) is 7.71. The predicted molar refractivity (Wildman–Crippen MR) is 57.3 cm³/mol. The summed E-state index contributed by atoms with van der Waals surface area (Å²) in [6.45, 7) is 5.96. The van der Waals surface area contributed by atoms with E-state index in [1.165, 1.54) is 5.57 Å². The molecule has 1 unspecified atom stereocenters. The summed E-state index contributed by atoms with van der Waals surface area (Å²) in [4.78, 5) is 3.19. The fraction of sp³-hybridized carbons (Fsp3) is 0.500. The topological polar surface area (TPSA) is 3.24 Å². The quantitative estimate of drug-likeness (QED) is 0.476. The summed E-state index contributed by atoms with van der Waals surface area (Å²) in [7, 11) is 2.06. The van der Waals surface area contributed by atoms with Crippen LogP contribution in [0.25, 0.3) is 0 Å². The van der Waals surface area contributed by atoms with Gasteiger partial charge in [0.1, 0.15) is 0 Å². The van der Waals surface area contributed by atoms with Gasteiger partial charge in [-0.05, 0) is 13.3 Å². The van der Waals surface area contributed by atoms with Crippen LogP contribution in [0.2, 0.25) is 0 Å². The summed E-state index contributed by atoms with van der Waals surface area (Å²) in [5.74, 6) is 0. The van der Waals surface area contributed by atoms with Gasteiger partial charge in [-0.2, -0.15) is 0 Å². The first-order valence-electron chi connectivity index (χ1n) is 4.18. The van der Waals surface area contributed by atoms with Crippen molar-refractivity contribution in [1.82, 2.24) is 4.90 Å². The number of hydrogen-bond acceptors (Lipinski definition) is 1. The molecule has 0 aromatic rings. The van der Waals surface area contributed by atoms with Gasteiger partial charge < -0.3 is 4.90 Å². The molecule has 0 saturated carbocycles. The molecule has 1 nitrogen and oxygen atoms in total. The van der Waals surface area contributed by atoms with Gasteiger partial charge in [-0.25, -0.2) is 0 Å². The molecule has 0 radical (unpaired) electrons.